The summed E-state index contributed by atoms with van der Waals surface area (Å²) in [5.41, 5.74) is 6.41. The highest BCUT2D eigenvalue weighted by molar-refractivity contribution is 5.79. The van der Waals surface area contributed by atoms with Crippen molar-refractivity contribution < 1.29 is 14.3 Å². The molecule has 1 aromatic carbocycles. The highest BCUT2D eigenvalue weighted by atomic mass is 16.6. The number of hydrogen-bond acceptors (Lipinski definition) is 4. The number of amides is 1. The van der Waals surface area contributed by atoms with Gasteiger partial charge in [-0.1, -0.05) is 25.5 Å². The predicted octanol–water partition coefficient (Wildman–Crippen LogP) is 3.22. The number of nitrogens with two attached hydrogens (primary N) is 1. The summed E-state index contributed by atoms with van der Waals surface area (Å²) in [6.07, 6.45) is 6.41. The van der Waals surface area contributed by atoms with Crippen LogP contribution in [0.25, 0.3) is 0 Å². The van der Waals surface area contributed by atoms with Gasteiger partial charge in [-0.25, -0.2) is 0 Å². The summed E-state index contributed by atoms with van der Waals surface area (Å²) in [4.78, 5) is 15.3. The van der Waals surface area contributed by atoms with Crippen molar-refractivity contribution in [1.82, 2.24) is 4.90 Å². The molecule has 27 heavy (non-hydrogen) atoms. The second kappa shape index (κ2) is 8.09. The van der Waals surface area contributed by atoms with E-state index >= 15 is 0 Å². The number of nitrogens with zero attached hydrogens (tertiary/aromatic N) is 1. The number of ether oxygens (including phenoxy) is 2. The molecule has 5 heteroatoms. The van der Waals surface area contributed by atoms with Crippen LogP contribution in [0.5, 0.6) is 11.5 Å². The number of benzene rings is 1. The minimum atomic E-state index is -0.110. The molecule has 0 saturated heterocycles. The van der Waals surface area contributed by atoms with Crippen LogP contribution in [0.3, 0.4) is 0 Å². The fraction of sp³-hybridized carbons (Fsp3) is 0.682. The van der Waals surface area contributed by atoms with Gasteiger partial charge in [0.2, 0.25) is 5.91 Å². The van der Waals surface area contributed by atoms with E-state index < -0.39 is 0 Å². The molecule has 1 amide bonds. The van der Waals surface area contributed by atoms with Gasteiger partial charge in [0.05, 0.1) is 6.54 Å². The Labute approximate surface area is 162 Å². The van der Waals surface area contributed by atoms with Crippen LogP contribution in [0.1, 0.15) is 45.4 Å². The van der Waals surface area contributed by atoms with Gasteiger partial charge in [-0.3, -0.25) is 4.79 Å². The lowest BCUT2D eigenvalue weighted by Gasteiger charge is -2.44. The number of carbonyl (C=O) groups is 1. The maximum absolute atomic E-state index is 13.3. The van der Waals surface area contributed by atoms with E-state index in [1.54, 1.807) is 0 Å². The topological polar surface area (TPSA) is 64.8 Å². The first-order valence-corrected chi connectivity index (χ1v) is 10.6. The van der Waals surface area contributed by atoms with Crippen LogP contribution < -0.4 is 15.2 Å². The fourth-order valence-corrected chi connectivity index (χ4v) is 5.21. The van der Waals surface area contributed by atoms with Gasteiger partial charge in [0.1, 0.15) is 6.61 Å². The Morgan fingerprint density at radius 2 is 1.89 bits per heavy atom. The van der Waals surface area contributed by atoms with Crippen LogP contribution in [0.4, 0.5) is 0 Å². The first-order valence-electron chi connectivity index (χ1n) is 10.6. The zero-order valence-corrected chi connectivity index (χ0v) is 16.3. The van der Waals surface area contributed by atoms with Crippen molar-refractivity contribution in [1.29, 1.82) is 0 Å². The molecule has 2 fully saturated rings. The molecule has 2 saturated carbocycles. The van der Waals surface area contributed by atoms with E-state index in [0.29, 0.717) is 36.9 Å². The third kappa shape index (κ3) is 3.93. The molecule has 2 bridgehead atoms. The van der Waals surface area contributed by atoms with E-state index in [9.17, 15) is 4.79 Å². The number of para-hydroxylation sites is 2. The summed E-state index contributed by atoms with van der Waals surface area (Å²) in [5, 5.41) is 0. The van der Waals surface area contributed by atoms with Gasteiger partial charge in [0.25, 0.3) is 0 Å². The Hall–Kier alpha value is -1.75. The van der Waals surface area contributed by atoms with Gasteiger partial charge in [-0.2, -0.15) is 0 Å². The average molecular weight is 373 g/mol. The molecule has 0 aromatic heterocycles. The summed E-state index contributed by atoms with van der Waals surface area (Å²) in [7, 11) is 0. The monoisotopic (exact) mass is 372 g/mol. The Morgan fingerprint density at radius 3 is 2.59 bits per heavy atom. The number of fused-ring (bicyclic) bond motifs is 3. The Bertz CT molecular complexity index is 651. The van der Waals surface area contributed by atoms with E-state index in [2.05, 4.69) is 6.92 Å². The molecular weight excluding hydrogens is 340 g/mol. The SMILES string of the molecule is CCCN(CC1COc2ccccc2O1)C(=O)C1CC2CCCC(C1)C2N. The molecule has 2 aliphatic carbocycles. The van der Waals surface area contributed by atoms with Gasteiger partial charge in [0.15, 0.2) is 17.6 Å². The molecule has 1 aromatic rings. The predicted molar refractivity (Wildman–Crippen MR) is 105 cm³/mol. The molecule has 3 atom stereocenters. The Kier molecular flexibility index (Phi) is 5.58. The van der Waals surface area contributed by atoms with Crippen LogP contribution in [-0.2, 0) is 4.79 Å². The van der Waals surface area contributed by atoms with Crippen LogP contribution >= 0.6 is 0 Å². The summed E-state index contributed by atoms with van der Waals surface area (Å²) in [5.74, 6) is 3.03. The number of hydrogen-bond donors (Lipinski definition) is 1. The minimum Gasteiger partial charge on any atom is -0.486 e. The van der Waals surface area contributed by atoms with Crippen molar-refractivity contribution >= 4 is 5.91 Å². The van der Waals surface area contributed by atoms with Crippen molar-refractivity contribution in [2.24, 2.45) is 23.5 Å². The van der Waals surface area contributed by atoms with Crippen molar-refractivity contribution in [2.75, 3.05) is 19.7 Å². The van der Waals surface area contributed by atoms with Gasteiger partial charge in [0, 0.05) is 18.5 Å². The summed E-state index contributed by atoms with van der Waals surface area (Å²) in [6, 6.07) is 8.04. The maximum Gasteiger partial charge on any atom is 0.225 e. The highest BCUT2D eigenvalue weighted by Crippen LogP contribution is 2.42. The molecule has 3 unspecified atom stereocenters. The summed E-state index contributed by atoms with van der Waals surface area (Å²) in [6.45, 7) is 3.99. The maximum atomic E-state index is 13.3. The largest absolute Gasteiger partial charge is 0.486 e. The molecular formula is C22H32N2O3. The first-order chi connectivity index (χ1) is 13.2. The Morgan fingerprint density at radius 1 is 1.19 bits per heavy atom. The quantitative estimate of drug-likeness (QED) is 0.862. The van der Waals surface area contributed by atoms with Gasteiger partial charge < -0.3 is 20.1 Å². The van der Waals surface area contributed by atoms with Crippen LogP contribution in [0.15, 0.2) is 24.3 Å². The molecule has 1 aliphatic heterocycles. The van der Waals surface area contributed by atoms with Crippen molar-refractivity contribution in [2.45, 2.75) is 57.6 Å². The van der Waals surface area contributed by atoms with E-state index in [1.165, 1.54) is 19.3 Å². The molecule has 0 spiro atoms. The standard InChI is InChI=1S/C22H32N2O3/c1-2-10-24(13-18-14-26-19-8-3-4-9-20(19)27-18)22(25)17-11-15-6-5-7-16(12-17)21(15)23/h3-4,8-9,15-18,21H,2,5-7,10-14,23H2,1H3. The fourth-order valence-electron chi connectivity index (χ4n) is 5.21. The van der Waals surface area contributed by atoms with Crippen LogP contribution in [0, 0.1) is 17.8 Å². The lowest BCUT2D eigenvalue weighted by Crippen LogP contribution is -2.51. The zero-order valence-electron chi connectivity index (χ0n) is 16.3. The lowest BCUT2D eigenvalue weighted by atomic mass is 9.65. The normalized spacial score (nSPS) is 32.0. The molecule has 148 valence electrons. The van der Waals surface area contributed by atoms with Gasteiger partial charge in [-0.15, -0.1) is 0 Å². The highest BCUT2D eigenvalue weighted by Gasteiger charge is 2.42. The average Bonchev–Trinajstić information content (AvgIpc) is 2.67. The molecule has 3 aliphatic rings. The third-order valence-electron chi connectivity index (χ3n) is 6.56. The molecule has 2 N–H and O–H groups in total. The lowest BCUT2D eigenvalue weighted by molar-refractivity contribution is -0.140. The van der Waals surface area contributed by atoms with Crippen LogP contribution in [-0.4, -0.2) is 42.6 Å². The van der Waals surface area contributed by atoms with Crippen molar-refractivity contribution in [3.8, 4) is 11.5 Å². The smallest absolute Gasteiger partial charge is 0.225 e. The van der Waals surface area contributed by atoms with Crippen molar-refractivity contribution in [3.05, 3.63) is 24.3 Å². The Balaban J connectivity index is 1.41. The summed E-state index contributed by atoms with van der Waals surface area (Å²) < 4.78 is 11.9. The van der Waals surface area contributed by atoms with Crippen molar-refractivity contribution in [3.63, 3.8) is 0 Å². The number of rotatable bonds is 5. The first kappa shape index (κ1) is 18.6. The zero-order chi connectivity index (χ0) is 18.8. The molecule has 0 radical (unpaired) electrons. The second-order valence-corrected chi connectivity index (χ2v) is 8.48. The summed E-state index contributed by atoms with van der Waals surface area (Å²) >= 11 is 0. The second-order valence-electron chi connectivity index (χ2n) is 8.48. The third-order valence-corrected chi connectivity index (χ3v) is 6.56. The molecule has 4 rings (SSSR count). The van der Waals surface area contributed by atoms with E-state index in [1.807, 2.05) is 29.2 Å². The molecule has 5 nitrogen and oxygen atoms in total. The molecule has 1 heterocycles. The minimum absolute atomic E-state index is 0.110. The van der Waals surface area contributed by atoms with E-state index in [0.717, 1.165) is 37.3 Å². The van der Waals surface area contributed by atoms with Crippen LogP contribution in [0.2, 0.25) is 0 Å². The van der Waals surface area contributed by atoms with Gasteiger partial charge >= 0.3 is 0 Å². The van der Waals surface area contributed by atoms with E-state index in [4.69, 9.17) is 15.2 Å². The number of carbonyl (C=O) groups excluding carboxylic acids is 1. The van der Waals surface area contributed by atoms with Gasteiger partial charge in [-0.05, 0) is 56.1 Å². The van der Waals surface area contributed by atoms with E-state index in [-0.39, 0.29) is 12.0 Å².